The molecule has 1 amide bonds. The predicted octanol–water partition coefficient (Wildman–Crippen LogP) is 3.23. The molecule has 3 aromatic rings. The molecule has 0 unspecified atom stereocenters. The van der Waals surface area contributed by atoms with Crippen molar-refractivity contribution in [1.29, 1.82) is 0 Å². The van der Waals surface area contributed by atoms with E-state index in [2.05, 4.69) is 10.3 Å². The van der Waals surface area contributed by atoms with Gasteiger partial charge < -0.3 is 19.4 Å². The van der Waals surface area contributed by atoms with Crippen molar-refractivity contribution >= 4 is 11.6 Å². The number of carbonyl (C=O) groups excluding carboxylic acids is 1. The maximum absolute atomic E-state index is 12.2. The second-order valence-electron chi connectivity index (χ2n) is 6.17. The lowest BCUT2D eigenvalue weighted by atomic mass is 10.1. The Morgan fingerprint density at radius 3 is 2.69 bits per heavy atom. The molecular formula is C20H19N3O3. The standard InChI is InChI=1S/C20H19N3O3/c24-20(8-4-15-3-7-18-19(11-15)26-14-25-18)22-17-5-1-16(2-6-17)12-23-10-9-21-13-23/h1-3,5-7,9-11,13H,4,8,12,14H2,(H,22,24). The molecule has 1 N–H and O–H groups in total. The zero-order valence-corrected chi connectivity index (χ0v) is 14.2. The maximum Gasteiger partial charge on any atom is 0.231 e. The van der Waals surface area contributed by atoms with Crippen LogP contribution in [0.15, 0.2) is 61.2 Å². The molecule has 0 aliphatic carbocycles. The first-order valence-electron chi connectivity index (χ1n) is 8.49. The summed E-state index contributed by atoms with van der Waals surface area (Å²) in [5.74, 6) is 1.50. The van der Waals surface area contributed by atoms with Gasteiger partial charge in [-0.3, -0.25) is 4.79 Å². The molecule has 0 radical (unpaired) electrons. The Morgan fingerprint density at radius 1 is 1.08 bits per heavy atom. The minimum atomic E-state index is -0.00923. The van der Waals surface area contributed by atoms with E-state index in [1.807, 2.05) is 53.2 Å². The van der Waals surface area contributed by atoms with Crippen LogP contribution < -0.4 is 14.8 Å². The van der Waals surface area contributed by atoms with Crippen LogP contribution in [0.5, 0.6) is 11.5 Å². The topological polar surface area (TPSA) is 65.4 Å². The summed E-state index contributed by atoms with van der Waals surface area (Å²) in [4.78, 5) is 16.2. The number of ether oxygens (including phenoxy) is 2. The highest BCUT2D eigenvalue weighted by molar-refractivity contribution is 5.90. The van der Waals surface area contributed by atoms with Crippen LogP contribution in [0, 0.1) is 0 Å². The van der Waals surface area contributed by atoms with Crippen molar-refractivity contribution in [2.75, 3.05) is 12.1 Å². The normalized spacial score (nSPS) is 12.2. The van der Waals surface area contributed by atoms with Crippen LogP contribution in [0.4, 0.5) is 5.69 Å². The molecule has 0 spiro atoms. The van der Waals surface area contributed by atoms with Gasteiger partial charge in [0.25, 0.3) is 0 Å². The number of aromatic nitrogens is 2. The van der Waals surface area contributed by atoms with Gasteiger partial charge in [-0.1, -0.05) is 18.2 Å². The average molecular weight is 349 g/mol. The van der Waals surface area contributed by atoms with Gasteiger partial charge >= 0.3 is 0 Å². The monoisotopic (exact) mass is 349 g/mol. The van der Waals surface area contributed by atoms with Crippen molar-refractivity contribution in [3.05, 3.63) is 72.3 Å². The van der Waals surface area contributed by atoms with Gasteiger partial charge in [0.15, 0.2) is 11.5 Å². The first-order valence-corrected chi connectivity index (χ1v) is 8.49. The molecule has 4 rings (SSSR count). The molecular weight excluding hydrogens is 330 g/mol. The Balaban J connectivity index is 1.29. The van der Waals surface area contributed by atoms with E-state index < -0.39 is 0 Å². The third kappa shape index (κ3) is 3.85. The lowest BCUT2D eigenvalue weighted by molar-refractivity contribution is -0.116. The highest BCUT2D eigenvalue weighted by atomic mass is 16.7. The molecule has 1 aliphatic rings. The summed E-state index contributed by atoms with van der Waals surface area (Å²) in [5, 5.41) is 2.94. The van der Waals surface area contributed by atoms with Crippen LogP contribution in [-0.4, -0.2) is 22.3 Å². The second kappa shape index (κ2) is 7.31. The number of hydrogen-bond acceptors (Lipinski definition) is 4. The first kappa shape index (κ1) is 16.2. The summed E-state index contributed by atoms with van der Waals surface area (Å²) in [5.41, 5.74) is 3.01. The van der Waals surface area contributed by atoms with E-state index in [4.69, 9.17) is 9.47 Å². The molecule has 2 heterocycles. The smallest absolute Gasteiger partial charge is 0.231 e. The Bertz CT molecular complexity index is 889. The van der Waals surface area contributed by atoms with Crippen LogP contribution in [0.3, 0.4) is 0 Å². The Hall–Kier alpha value is -3.28. The van der Waals surface area contributed by atoms with Gasteiger partial charge in [0, 0.05) is 31.0 Å². The molecule has 6 heteroatoms. The number of aryl methyl sites for hydroxylation is 1. The number of nitrogens with zero attached hydrogens (tertiary/aromatic N) is 2. The summed E-state index contributed by atoms with van der Waals surface area (Å²) in [7, 11) is 0. The highest BCUT2D eigenvalue weighted by Gasteiger charge is 2.13. The fourth-order valence-electron chi connectivity index (χ4n) is 2.86. The summed E-state index contributed by atoms with van der Waals surface area (Å²) in [6.45, 7) is 1.02. The summed E-state index contributed by atoms with van der Waals surface area (Å²) in [6.07, 6.45) is 6.53. The minimum absolute atomic E-state index is 0.00923. The summed E-state index contributed by atoms with van der Waals surface area (Å²) < 4.78 is 12.7. The van der Waals surface area contributed by atoms with Crippen molar-refractivity contribution in [3.63, 3.8) is 0 Å². The molecule has 26 heavy (non-hydrogen) atoms. The maximum atomic E-state index is 12.2. The number of amides is 1. The number of carbonyl (C=O) groups is 1. The quantitative estimate of drug-likeness (QED) is 0.742. The number of imidazole rings is 1. The zero-order valence-electron chi connectivity index (χ0n) is 14.2. The lowest BCUT2D eigenvalue weighted by Crippen LogP contribution is -2.12. The van der Waals surface area contributed by atoms with E-state index in [9.17, 15) is 4.79 Å². The molecule has 132 valence electrons. The van der Waals surface area contributed by atoms with Gasteiger partial charge in [0.1, 0.15) is 0 Å². The number of benzene rings is 2. The van der Waals surface area contributed by atoms with E-state index in [0.717, 1.165) is 34.9 Å². The van der Waals surface area contributed by atoms with Crippen LogP contribution in [0.1, 0.15) is 17.5 Å². The molecule has 0 atom stereocenters. The van der Waals surface area contributed by atoms with Gasteiger partial charge in [-0.25, -0.2) is 4.98 Å². The molecule has 2 aromatic carbocycles. The molecule has 0 bridgehead atoms. The molecule has 1 aromatic heterocycles. The molecule has 1 aliphatic heterocycles. The Morgan fingerprint density at radius 2 is 1.88 bits per heavy atom. The predicted molar refractivity (Wildman–Crippen MR) is 97.3 cm³/mol. The fraction of sp³-hybridized carbons (Fsp3) is 0.200. The third-order valence-corrected chi connectivity index (χ3v) is 4.24. The van der Waals surface area contributed by atoms with Gasteiger partial charge in [-0.05, 0) is 41.8 Å². The number of hydrogen-bond donors (Lipinski definition) is 1. The molecule has 6 nitrogen and oxygen atoms in total. The number of fused-ring (bicyclic) bond motifs is 1. The largest absolute Gasteiger partial charge is 0.454 e. The molecule has 0 fully saturated rings. The lowest BCUT2D eigenvalue weighted by Gasteiger charge is -2.08. The van der Waals surface area contributed by atoms with Crippen molar-refractivity contribution < 1.29 is 14.3 Å². The van der Waals surface area contributed by atoms with Crippen molar-refractivity contribution in [3.8, 4) is 11.5 Å². The first-order chi connectivity index (χ1) is 12.8. The van der Waals surface area contributed by atoms with Gasteiger partial charge in [-0.2, -0.15) is 0 Å². The van der Waals surface area contributed by atoms with E-state index >= 15 is 0 Å². The van der Waals surface area contributed by atoms with Crippen LogP contribution in [-0.2, 0) is 17.8 Å². The Labute approximate surface area is 151 Å². The van der Waals surface area contributed by atoms with E-state index in [1.165, 1.54) is 0 Å². The summed E-state index contributed by atoms with van der Waals surface area (Å²) >= 11 is 0. The van der Waals surface area contributed by atoms with Crippen LogP contribution in [0.2, 0.25) is 0 Å². The zero-order chi connectivity index (χ0) is 17.8. The third-order valence-electron chi connectivity index (χ3n) is 4.24. The molecule has 0 saturated heterocycles. The minimum Gasteiger partial charge on any atom is -0.454 e. The van der Waals surface area contributed by atoms with E-state index in [-0.39, 0.29) is 12.7 Å². The fourth-order valence-corrected chi connectivity index (χ4v) is 2.86. The van der Waals surface area contributed by atoms with Gasteiger partial charge in [0.2, 0.25) is 12.7 Å². The van der Waals surface area contributed by atoms with E-state index in [0.29, 0.717) is 12.8 Å². The van der Waals surface area contributed by atoms with Crippen molar-refractivity contribution in [1.82, 2.24) is 9.55 Å². The van der Waals surface area contributed by atoms with Crippen molar-refractivity contribution in [2.45, 2.75) is 19.4 Å². The molecule has 0 saturated carbocycles. The van der Waals surface area contributed by atoms with Crippen molar-refractivity contribution in [2.24, 2.45) is 0 Å². The highest BCUT2D eigenvalue weighted by Crippen LogP contribution is 2.32. The number of nitrogens with one attached hydrogen (secondary N) is 1. The van der Waals surface area contributed by atoms with Gasteiger partial charge in [-0.15, -0.1) is 0 Å². The van der Waals surface area contributed by atoms with Crippen LogP contribution >= 0.6 is 0 Å². The van der Waals surface area contributed by atoms with Gasteiger partial charge in [0.05, 0.1) is 6.33 Å². The Kier molecular flexibility index (Phi) is 4.55. The average Bonchev–Trinajstić information content (AvgIpc) is 3.33. The number of anilines is 1. The SMILES string of the molecule is O=C(CCc1ccc2c(c1)OCO2)Nc1ccc(Cn2ccnc2)cc1. The van der Waals surface area contributed by atoms with E-state index in [1.54, 1.807) is 12.5 Å². The summed E-state index contributed by atoms with van der Waals surface area (Å²) in [6, 6.07) is 13.6. The number of rotatable bonds is 6. The second-order valence-corrected chi connectivity index (χ2v) is 6.17. The van der Waals surface area contributed by atoms with Crippen LogP contribution in [0.25, 0.3) is 0 Å².